The molecule has 1 aliphatic heterocycles. The lowest BCUT2D eigenvalue weighted by Crippen LogP contribution is -2.13. The smallest absolute Gasteiger partial charge is 0.149 e. The van der Waals surface area contributed by atoms with Gasteiger partial charge in [-0.3, -0.25) is 4.79 Å². The van der Waals surface area contributed by atoms with Gasteiger partial charge < -0.3 is 4.90 Å². The zero-order valence-electron chi connectivity index (χ0n) is 5.37. The van der Waals surface area contributed by atoms with E-state index in [0.29, 0.717) is 0 Å². The van der Waals surface area contributed by atoms with E-state index in [4.69, 9.17) is 0 Å². The third-order valence-electron chi connectivity index (χ3n) is 1.27. The summed E-state index contributed by atoms with van der Waals surface area (Å²) < 4.78 is 0. The van der Waals surface area contributed by atoms with Gasteiger partial charge in [-0.2, -0.15) is 0 Å². The van der Waals surface area contributed by atoms with Crippen LogP contribution in [-0.2, 0) is 4.79 Å². The van der Waals surface area contributed by atoms with Gasteiger partial charge in [-0.1, -0.05) is 6.08 Å². The first-order valence-corrected chi connectivity index (χ1v) is 2.86. The molecule has 0 fully saturated rings. The van der Waals surface area contributed by atoms with Crippen molar-refractivity contribution in [3.63, 3.8) is 0 Å². The number of nitrogens with zero attached hydrogens (tertiary/aromatic N) is 1. The van der Waals surface area contributed by atoms with E-state index in [2.05, 4.69) is 0 Å². The standard InChI is InChI=1S/C7H9NO/c1-8-4-2-7(6-9)3-5-8/h2-4,6H,5H2,1H3. The number of aldehydes is 1. The summed E-state index contributed by atoms with van der Waals surface area (Å²) in [6.45, 7) is 0.838. The molecule has 0 amide bonds. The van der Waals surface area contributed by atoms with Crippen molar-refractivity contribution in [2.45, 2.75) is 0 Å². The van der Waals surface area contributed by atoms with Crippen LogP contribution < -0.4 is 0 Å². The Morgan fingerprint density at radius 3 is 3.00 bits per heavy atom. The third kappa shape index (κ3) is 1.42. The maximum Gasteiger partial charge on any atom is 0.149 e. The minimum Gasteiger partial charge on any atom is -0.377 e. The first-order valence-electron chi connectivity index (χ1n) is 2.86. The highest BCUT2D eigenvalue weighted by Crippen LogP contribution is 2.00. The maximum atomic E-state index is 10.1. The summed E-state index contributed by atoms with van der Waals surface area (Å²) in [4.78, 5) is 12.1. The summed E-state index contributed by atoms with van der Waals surface area (Å²) in [6.07, 6.45) is 6.46. The number of allylic oxidation sites excluding steroid dienone is 2. The molecule has 0 saturated heterocycles. The van der Waals surface area contributed by atoms with Gasteiger partial charge in [0.2, 0.25) is 0 Å². The van der Waals surface area contributed by atoms with Crippen LogP contribution in [0, 0.1) is 0 Å². The molecule has 0 unspecified atom stereocenters. The van der Waals surface area contributed by atoms with Crippen LogP contribution in [0.15, 0.2) is 23.9 Å². The molecule has 0 aliphatic carbocycles. The number of likely N-dealkylation sites (N-methyl/N-ethyl adjacent to an activating group) is 1. The summed E-state index contributed by atoms with van der Waals surface area (Å²) in [5.74, 6) is 0. The molecular formula is C7H9NO. The van der Waals surface area contributed by atoms with Crippen molar-refractivity contribution < 1.29 is 4.79 Å². The van der Waals surface area contributed by atoms with Crippen molar-refractivity contribution in [3.05, 3.63) is 23.9 Å². The highest BCUT2D eigenvalue weighted by molar-refractivity contribution is 5.77. The maximum absolute atomic E-state index is 10.1. The number of carbonyl (C=O) groups is 1. The van der Waals surface area contributed by atoms with E-state index in [9.17, 15) is 4.79 Å². The molecule has 0 radical (unpaired) electrons. The molecular weight excluding hydrogens is 114 g/mol. The zero-order valence-corrected chi connectivity index (χ0v) is 5.37. The van der Waals surface area contributed by atoms with Gasteiger partial charge in [0.25, 0.3) is 0 Å². The average Bonchev–Trinajstić information content (AvgIpc) is 1.90. The van der Waals surface area contributed by atoms with Crippen molar-refractivity contribution in [1.29, 1.82) is 0 Å². The van der Waals surface area contributed by atoms with Crippen LogP contribution >= 0.6 is 0 Å². The Morgan fingerprint density at radius 2 is 2.56 bits per heavy atom. The molecule has 0 bridgehead atoms. The van der Waals surface area contributed by atoms with Gasteiger partial charge in [-0.05, 0) is 12.3 Å². The second-order valence-corrected chi connectivity index (χ2v) is 2.08. The molecule has 2 nitrogen and oxygen atoms in total. The molecule has 1 aliphatic rings. The SMILES string of the molecule is CN1C=CC(C=O)=CC1. The molecule has 1 rings (SSSR count). The van der Waals surface area contributed by atoms with Crippen LogP contribution in [0.1, 0.15) is 0 Å². The van der Waals surface area contributed by atoms with Gasteiger partial charge in [0.15, 0.2) is 0 Å². The summed E-state index contributed by atoms with van der Waals surface area (Å²) in [6, 6.07) is 0. The quantitative estimate of drug-likeness (QED) is 0.475. The second-order valence-electron chi connectivity index (χ2n) is 2.08. The van der Waals surface area contributed by atoms with E-state index in [0.717, 1.165) is 18.4 Å². The van der Waals surface area contributed by atoms with Crippen LogP contribution in [0.25, 0.3) is 0 Å². The van der Waals surface area contributed by atoms with E-state index in [-0.39, 0.29) is 0 Å². The van der Waals surface area contributed by atoms with Crippen LogP contribution in [0.2, 0.25) is 0 Å². The van der Waals surface area contributed by atoms with Crippen molar-refractivity contribution in [3.8, 4) is 0 Å². The van der Waals surface area contributed by atoms with E-state index >= 15 is 0 Å². The fourth-order valence-electron chi connectivity index (χ4n) is 0.679. The molecule has 0 aromatic carbocycles. The first kappa shape index (κ1) is 6.08. The minimum absolute atomic E-state index is 0.771. The Balaban J connectivity index is 2.62. The molecule has 0 aromatic rings. The fourth-order valence-corrected chi connectivity index (χ4v) is 0.679. The fraction of sp³-hybridized carbons (Fsp3) is 0.286. The number of hydrogen-bond donors (Lipinski definition) is 0. The molecule has 0 aromatic heterocycles. The molecule has 1 heterocycles. The highest BCUT2D eigenvalue weighted by atomic mass is 16.1. The van der Waals surface area contributed by atoms with E-state index in [1.54, 1.807) is 6.08 Å². The van der Waals surface area contributed by atoms with Gasteiger partial charge in [0.1, 0.15) is 6.29 Å². The van der Waals surface area contributed by atoms with Gasteiger partial charge in [-0.15, -0.1) is 0 Å². The third-order valence-corrected chi connectivity index (χ3v) is 1.27. The predicted molar refractivity (Wildman–Crippen MR) is 35.9 cm³/mol. The molecule has 48 valence electrons. The molecule has 0 spiro atoms. The van der Waals surface area contributed by atoms with Crippen molar-refractivity contribution >= 4 is 6.29 Å². The number of hydrogen-bond acceptors (Lipinski definition) is 2. The number of rotatable bonds is 1. The van der Waals surface area contributed by atoms with Gasteiger partial charge in [0, 0.05) is 19.2 Å². The summed E-state index contributed by atoms with van der Waals surface area (Å²) in [5, 5.41) is 0. The Bertz CT molecular complexity index is 170. The lowest BCUT2D eigenvalue weighted by atomic mass is 10.2. The monoisotopic (exact) mass is 123 g/mol. The summed E-state index contributed by atoms with van der Waals surface area (Å²) in [7, 11) is 1.97. The predicted octanol–water partition coefficient (Wildman–Crippen LogP) is 0.571. The highest BCUT2D eigenvalue weighted by Gasteiger charge is 1.96. The largest absolute Gasteiger partial charge is 0.377 e. The Morgan fingerprint density at radius 1 is 1.78 bits per heavy atom. The molecule has 0 N–H and O–H groups in total. The topological polar surface area (TPSA) is 20.3 Å². The molecule has 9 heavy (non-hydrogen) atoms. The van der Waals surface area contributed by atoms with Crippen LogP contribution in [0.4, 0.5) is 0 Å². The summed E-state index contributed by atoms with van der Waals surface area (Å²) in [5.41, 5.74) is 0.771. The van der Waals surface area contributed by atoms with Gasteiger partial charge in [0.05, 0.1) is 0 Å². The summed E-state index contributed by atoms with van der Waals surface area (Å²) >= 11 is 0. The molecule has 2 heteroatoms. The Hall–Kier alpha value is -1.05. The van der Waals surface area contributed by atoms with E-state index in [1.807, 2.05) is 24.2 Å². The van der Waals surface area contributed by atoms with E-state index < -0.39 is 0 Å². The lowest BCUT2D eigenvalue weighted by molar-refractivity contribution is -0.104. The van der Waals surface area contributed by atoms with Gasteiger partial charge >= 0.3 is 0 Å². The van der Waals surface area contributed by atoms with Crippen molar-refractivity contribution in [1.82, 2.24) is 4.90 Å². The first-order chi connectivity index (χ1) is 4.33. The number of carbonyl (C=O) groups excluding carboxylic acids is 1. The van der Waals surface area contributed by atoms with Crippen LogP contribution in [0.3, 0.4) is 0 Å². The van der Waals surface area contributed by atoms with Crippen LogP contribution in [-0.4, -0.2) is 24.8 Å². The average molecular weight is 123 g/mol. The zero-order chi connectivity index (χ0) is 6.69. The van der Waals surface area contributed by atoms with Crippen molar-refractivity contribution in [2.75, 3.05) is 13.6 Å². The lowest BCUT2D eigenvalue weighted by Gasteiger charge is -2.14. The van der Waals surface area contributed by atoms with Crippen molar-refractivity contribution in [2.24, 2.45) is 0 Å². The second kappa shape index (κ2) is 2.49. The van der Waals surface area contributed by atoms with Gasteiger partial charge in [-0.25, -0.2) is 0 Å². The normalized spacial score (nSPS) is 17.4. The Kier molecular flexibility index (Phi) is 1.68. The minimum atomic E-state index is 0.771. The van der Waals surface area contributed by atoms with E-state index in [1.165, 1.54) is 0 Å². The van der Waals surface area contributed by atoms with Crippen LogP contribution in [0.5, 0.6) is 0 Å². The molecule has 0 atom stereocenters. The molecule has 0 saturated carbocycles. The Labute approximate surface area is 54.5 Å².